The van der Waals surface area contributed by atoms with Gasteiger partial charge < -0.3 is 14.6 Å². The van der Waals surface area contributed by atoms with E-state index in [2.05, 4.69) is 20.7 Å². The van der Waals surface area contributed by atoms with Gasteiger partial charge in [-0.1, -0.05) is 6.07 Å². The fourth-order valence-corrected chi connectivity index (χ4v) is 3.52. The molecule has 0 aliphatic carbocycles. The molecule has 0 heterocycles. The molecule has 0 aromatic heterocycles. The lowest BCUT2D eigenvalue weighted by Crippen LogP contribution is -2.14. The van der Waals surface area contributed by atoms with E-state index in [0.717, 1.165) is 0 Å². The molecule has 2 aromatic rings. The van der Waals surface area contributed by atoms with E-state index >= 15 is 0 Å². The molecule has 0 aliphatic rings. The minimum absolute atomic E-state index is 0.0412. The van der Waals surface area contributed by atoms with Gasteiger partial charge in [-0.15, -0.1) is 0 Å². The van der Waals surface area contributed by atoms with Gasteiger partial charge in [-0.05, 0) is 34.1 Å². The lowest BCUT2D eigenvalue weighted by atomic mass is 10.3. The average Bonchev–Trinajstić information content (AvgIpc) is 2.46. The second-order valence-corrected chi connectivity index (χ2v) is 6.80. The summed E-state index contributed by atoms with van der Waals surface area (Å²) in [6, 6.07) is 8.68. The summed E-state index contributed by atoms with van der Waals surface area (Å²) in [5.74, 6) is 0.484. The van der Waals surface area contributed by atoms with E-state index in [4.69, 9.17) is 9.47 Å². The molecule has 0 atom stereocenters. The van der Waals surface area contributed by atoms with Crippen molar-refractivity contribution in [3.05, 3.63) is 40.9 Å². The molecule has 2 aromatic carbocycles. The quantitative estimate of drug-likeness (QED) is 0.823. The Kier molecular flexibility index (Phi) is 4.82. The number of ether oxygens (including phenoxy) is 2. The fourth-order valence-electron chi connectivity index (χ4n) is 1.82. The topological polar surface area (TPSA) is 84.9 Å². The monoisotopic (exact) mass is 387 g/mol. The first-order valence-corrected chi connectivity index (χ1v) is 8.38. The van der Waals surface area contributed by atoms with Crippen LogP contribution in [-0.4, -0.2) is 27.7 Å². The Morgan fingerprint density at radius 1 is 1.09 bits per heavy atom. The molecule has 118 valence electrons. The van der Waals surface area contributed by atoms with Crippen LogP contribution in [0.2, 0.25) is 0 Å². The zero-order chi connectivity index (χ0) is 16.3. The highest BCUT2D eigenvalue weighted by molar-refractivity contribution is 9.10. The molecule has 0 amide bonds. The van der Waals surface area contributed by atoms with Gasteiger partial charge in [0.25, 0.3) is 10.0 Å². The Morgan fingerprint density at radius 2 is 1.77 bits per heavy atom. The summed E-state index contributed by atoms with van der Waals surface area (Å²) >= 11 is 3.27. The summed E-state index contributed by atoms with van der Waals surface area (Å²) in [6.07, 6.45) is 0. The van der Waals surface area contributed by atoms with Gasteiger partial charge in [0.1, 0.15) is 22.1 Å². The van der Waals surface area contributed by atoms with E-state index < -0.39 is 10.0 Å². The van der Waals surface area contributed by atoms with Crippen LogP contribution in [0.1, 0.15) is 0 Å². The molecular weight excluding hydrogens is 374 g/mol. The Labute approximate surface area is 136 Å². The van der Waals surface area contributed by atoms with Gasteiger partial charge in [-0.25, -0.2) is 8.42 Å². The number of benzene rings is 2. The number of sulfonamides is 1. The van der Waals surface area contributed by atoms with Crippen LogP contribution in [0, 0.1) is 0 Å². The second kappa shape index (κ2) is 6.45. The van der Waals surface area contributed by atoms with Crippen LogP contribution in [0.5, 0.6) is 17.2 Å². The maximum atomic E-state index is 12.5. The zero-order valence-electron chi connectivity index (χ0n) is 11.8. The first-order valence-electron chi connectivity index (χ1n) is 6.10. The van der Waals surface area contributed by atoms with Gasteiger partial charge in [-0.2, -0.15) is 0 Å². The van der Waals surface area contributed by atoms with Crippen LogP contribution >= 0.6 is 15.9 Å². The van der Waals surface area contributed by atoms with Crippen LogP contribution < -0.4 is 14.2 Å². The number of aromatic hydroxyl groups is 1. The van der Waals surface area contributed by atoms with Gasteiger partial charge in [0.15, 0.2) is 0 Å². The third kappa shape index (κ3) is 3.45. The highest BCUT2D eigenvalue weighted by Crippen LogP contribution is 2.36. The van der Waals surface area contributed by atoms with Crippen LogP contribution in [0.4, 0.5) is 5.69 Å². The van der Waals surface area contributed by atoms with Crippen molar-refractivity contribution in [1.82, 2.24) is 0 Å². The molecule has 2 rings (SSSR count). The summed E-state index contributed by atoms with van der Waals surface area (Å²) in [4.78, 5) is -0.0709. The Balaban J connectivity index is 2.48. The van der Waals surface area contributed by atoms with Crippen molar-refractivity contribution in [2.24, 2.45) is 0 Å². The molecule has 0 saturated carbocycles. The van der Waals surface area contributed by atoms with Crippen molar-refractivity contribution in [3.63, 3.8) is 0 Å². The van der Waals surface area contributed by atoms with E-state index in [1.165, 1.54) is 50.6 Å². The van der Waals surface area contributed by atoms with Gasteiger partial charge in [0.05, 0.1) is 24.4 Å². The third-order valence-electron chi connectivity index (χ3n) is 2.83. The number of hydrogen-bond donors (Lipinski definition) is 2. The minimum Gasteiger partial charge on any atom is -0.508 e. The van der Waals surface area contributed by atoms with Gasteiger partial charge in [0.2, 0.25) is 0 Å². The normalized spacial score (nSPS) is 11.0. The number of phenols is 1. The third-order valence-corrected chi connectivity index (χ3v) is 4.85. The molecular formula is C14H14BrNO5S. The van der Waals surface area contributed by atoms with E-state index in [0.29, 0.717) is 10.2 Å². The zero-order valence-corrected chi connectivity index (χ0v) is 14.2. The van der Waals surface area contributed by atoms with Crippen molar-refractivity contribution in [2.75, 3.05) is 18.9 Å². The van der Waals surface area contributed by atoms with Crippen molar-refractivity contribution < 1.29 is 23.0 Å². The number of nitrogens with one attached hydrogen (secondary N) is 1. The smallest absolute Gasteiger partial charge is 0.265 e. The number of anilines is 1. The SMILES string of the molecule is COc1cc(S(=O)(=O)Nc2cccc(O)c2)c(OC)cc1Br. The first-order chi connectivity index (χ1) is 10.4. The van der Waals surface area contributed by atoms with Crippen molar-refractivity contribution in [2.45, 2.75) is 4.90 Å². The summed E-state index contributed by atoms with van der Waals surface area (Å²) in [6.45, 7) is 0. The standard InChI is InChI=1S/C14H14BrNO5S/c1-20-12-8-14(13(21-2)7-11(12)15)22(18,19)16-9-4-3-5-10(17)6-9/h3-8,16-17H,1-2H3. The van der Waals surface area contributed by atoms with E-state index in [-0.39, 0.29) is 22.1 Å². The Morgan fingerprint density at radius 3 is 2.36 bits per heavy atom. The predicted octanol–water partition coefficient (Wildman–Crippen LogP) is 2.97. The predicted molar refractivity (Wildman–Crippen MR) is 86.2 cm³/mol. The van der Waals surface area contributed by atoms with Gasteiger partial charge in [-0.3, -0.25) is 4.72 Å². The highest BCUT2D eigenvalue weighted by atomic mass is 79.9. The average molecular weight is 388 g/mol. The van der Waals surface area contributed by atoms with Crippen LogP contribution in [0.15, 0.2) is 45.8 Å². The van der Waals surface area contributed by atoms with E-state index in [9.17, 15) is 13.5 Å². The number of phenolic OH excluding ortho intramolecular Hbond substituents is 1. The summed E-state index contributed by atoms with van der Waals surface area (Å²) in [5.41, 5.74) is 0.240. The molecule has 0 fully saturated rings. The number of rotatable bonds is 5. The van der Waals surface area contributed by atoms with E-state index in [1.807, 2.05) is 0 Å². The molecule has 0 unspecified atom stereocenters. The molecule has 0 saturated heterocycles. The number of hydrogen-bond acceptors (Lipinski definition) is 5. The van der Waals surface area contributed by atoms with Crippen LogP contribution in [0.25, 0.3) is 0 Å². The molecule has 22 heavy (non-hydrogen) atoms. The lowest BCUT2D eigenvalue weighted by Gasteiger charge is -2.14. The molecule has 0 aliphatic heterocycles. The largest absolute Gasteiger partial charge is 0.508 e. The van der Waals surface area contributed by atoms with Crippen molar-refractivity contribution in [1.29, 1.82) is 0 Å². The Hall–Kier alpha value is -1.93. The molecule has 8 heteroatoms. The summed E-state index contributed by atoms with van der Waals surface area (Å²) in [7, 11) is -1.10. The lowest BCUT2D eigenvalue weighted by molar-refractivity contribution is 0.390. The molecule has 6 nitrogen and oxygen atoms in total. The van der Waals surface area contributed by atoms with Gasteiger partial charge >= 0.3 is 0 Å². The fraction of sp³-hybridized carbons (Fsp3) is 0.143. The van der Waals surface area contributed by atoms with Gasteiger partial charge in [0, 0.05) is 12.1 Å². The van der Waals surface area contributed by atoms with Crippen LogP contribution in [0.3, 0.4) is 0 Å². The molecule has 0 spiro atoms. The summed E-state index contributed by atoms with van der Waals surface area (Å²) in [5, 5.41) is 9.41. The van der Waals surface area contributed by atoms with E-state index in [1.54, 1.807) is 0 Å². The highest BCUT2D eigenvalue weighted by Gasteiger charge is 2.22. The maximum Gasteiger partial charge on any atom is 0.265 e. The first kappa shape index (κ1) is 16.4. The van der Waals surface area contributed by atoms with Crippen molar-refractivity contribution in [3.8, 4) is 17.2 Å². The molecule has 2 N–H and O–H groups in total. The minimum atomic E-state index is -3.91. The number of methoxy groups -OCH3 is 2. The Bertz CT molecular complexity index is 792. The van der Waals surface area contributed by atoms with Crippen LogP contribution in [-0.2, 0) is 10.0 Å². The number of halogens is 1. The molecule has 0 bridgehead atoms. The van der Waals surface area contributed by atoms with Crippen molar-refractivity contribution >= 4 is 31.6 Å². The maximum absolute atomic E-state index is 12.5. The second-order valence-electron chi connectivity index (χ2n) is 4.29. The molecule has 0 radical (unpaired) electrons. The summed E-state index contributed by atoms with van der Waals surface area (Å²) < 4.78 is 38.2.